The van der Waals surface area contributed by atoms with Crippen molar-refractivity contribution in [3.05, 3.63) is 29.8 Å². The van der Waals surface area contributed by atoms with Gasteiger partial charge in [-0.25, -0.2) is 0 Å². The molecule has 0 saturated carbocycles. The van der Waals surface area contributed by atoms with Crippen LogP contribution < -0.4 is 10.1 Å². The van der Waals surface area contributed by atoms with Gasteiger partial charge in [0.25, 0.3) is 0 Å². The van der Waals surface area contributed by atoms with Crippen LogP contribution >= 0.6 is 0 Å². The summed E-state index contributed by atoms with van der Waals surface area (Å²) in [5.41, 5.74) is 1.01. The minimum atomic E-state index is -0.116. The topological polar surface area (TPSA) is 61.7 Å². The number of aliphatic hydroxyl groups is 2. The van der Waals surface area contributed by atoms with Gasteiger partial charge in [-0.05, 0) is 12.5 Å². The minimum absolute atomic E-state index is 0.0303. The van der Waals surface area contributed by atoms with E-state index in [1.807, 2.05) is 18.2 Å². The number of hydrogen-bond donors (Lipinski definition) is 3. The van der Waals surface area contributed by atoms with Crippen molar-refractivity contribution >= 4 is 0 Å². The van der Waals surface area contributed by atoms with Gasteiger partial charge < -0.3 is 20.3 Å². The fourth-order valence-electron chi connectivity index (χ4n) is 2.11. The highest BCUT2D eigenvalue weighted by Crippen LogP contribution is 2.30. The molecule has 0 heterocycles. The second-order valence-electron chi connectivity index (χ2n) is 5.36. The van der Waals surface area contributed by atoms with Crippen LogP contribution in [0.2, 0.25) is 0 Å². The van der Waals surface area contributed by atoms with Crippen molar-refractivity contribution < 1.29 is 14.9 Å². The van der Waals surface area contributed by atoms with Crippen molar-refractivity contribution in [2.24, 2.45) is 0 Å². The zero-order valence-corrected chi connectivity index (χ0v) is 12.0. The number of benzene rings is 1. The van der Waals surface area contributed by atoms with E-state index < -0.39 is 0 Å². The molecule has 4 nitrogen and oxygen atoms in total. The van der Waals surface area contributed by atoms with E-state index in [4.69, 9.17) is 9.84 Å². The Morgan fingerprint density at radius 1 is 1.26 bits per heavy atom. The van der Waals surface area contributed by atoms with E-state index in [2.05, 4.69) is 25.2 Å². The van der Waals surface area contributed by atoms with Gasteiger partial charge in [0.1, 0.15) is 5.75 Å². The van der Waals surface area contributed by atoms with Crippen molar-refractivity contribution in [3.8, 4) is 5.75 Å². The van der Waals surface area contributed by atoms with E-state index in [1.165, 1.54) is 0 Å². The highest BCUT2D eigenvalue weighted by molar-refractivity contribution is 5.39. The van der Waals surface area contributed by atoms with Crippen molar-refractivity contribution in [2.45, 2.75) is 31.7 Å². The van der Waals surface area contributed by atoms with Crippen LogP contribution in [0.3, 0.4) is 0 Å². The number of hydrogen-bond acceptors (Lipinski definition) is 4. The van der Waals surface area contributed by atoms with Crippen molar-refractivity contribution in [1.29, 1.82) is 0 Å². The zero-order valence-electron chi connectivity index (χ0n) is 12.0. The summed E-state index contributed by atoms with van der Waals surface area (Å²) in [5, 5.41) is 21.4. The lowest BCUT2D eigenvalue weighted by Crippen LogP contribution is -2.41. The first-order valence-electron chi connectivity index (χ1n) is 6.63. The molecule has 0 aliphatic rings. The third-order valence-corrected chi connectivity index (χ3v) is 3.37. The molecule has 0 aliphatic heterocycles. The van der Waals surface area contributed by atoms with E-state index in [0.29, 0.717) is 13.0 Å². The maximum atomic E-state index is 9.23. The Morgan fingerprint density at radius 3 is 2.53 bits per heavy atom. The van der Waals surface area contributed by atoms with Crippen molar-refractivity contribution in [3.63, 3.8) is 0 Å². The summed E-state index contributed by atoms with van der Waals surface area (Å²) < 4.78 is 5.40. The van der Waals surface area contributed by atoms with Gasteiger partial charge in [0.15, 0.2) is 0 Å². The molecule has 1 unspecified atom stereocenters. The van der Waals surface area contributed by atoms with E-state index in [0.717, 1.165) is 11.3 Å². The lowest BCUT2D eigenvalue weighted by molar-refractivity contribution is 0.195. The predicted octanol–water partition coefficient (Wildman–Crippen LogP) is 1.31. The molecule has 0 amide bonds. The lowest BCUT2D eigenvalue weighted by Gasteiger charge is -2.29. The molecule has 0 spiro atoms. The summed E-state index contributed by atoms with van der Waals surface area (Å²) >= 11 is 0. The summed E-state index contributed by atoms with van der Waals surface area (Å²) in [6, 6.07) is 7.89. The van der Waals surface area contributed by atoms with Crippen LogP contribution in [0.15, 0.2) is 24.3 Å². The van der Waals surface area contributed by atoms with Crippen LogP contribution in [0.4, 0.5) is 0 Å². The Kier molecular flexibility index (Phi) is 6.28. The van der Waals surface area contributed by atoms with Gasteiger partial charge in [0, 0.05) is 30.2 Å². The highest BCUT2D eigenvalue weighted by Gasteiger charge is 2.24. The first-order valence-corrected chi connectivity index (χ1v) is 6.63. The zero-order chi connectivity index (χ0) is 14.3. The molecule has 0 aromatic heterocycles. The molecule has 1 atom stereocenters. The lowest BCUT2D eigenvalue weighted by atomic mass is 9.83. The summed E-state index contributed by atoms with van der Waals surface area (Å²) in [5.74, 6) is 0.872. The summed E-state index contributed by atoms with van der Waals surface area (Å²) in [6.45, 7) is 5.07. The normalized spacial score (nSPS) is 13.3. The summed E-state index contributed by atoms with van der Waals surface area (Å²) in [4.78, 5) is 0. The summed E-state index contributed by atoms with van der Waals surface area (Å²) in [6.07, 6.45) is 0.554. The van der Waals surface area contributed by atoms with E-state index in [-0.39, 0.29) is 24.7 Å². The number of nitrogens with one attached hydrogen (secondary N) is 1. The van der Waals surface area contributed by atoms with Crippen LogP contribution in [-0.4, -0.2) is 43.1 Å². The molecule has 3 N–H and O–H groups in total. The fourth-order valence-corrected chi connectivity index (χ4v) is 2.11. The molecular formula is C15H25NO3. The predicted molar refractivity (Wildman–Crippen MR) is 76.6 cm³/mol. The van der Waals surface area contributed by atoms with Crippen LogP contribution in [0.25, 0.3) is 0 Å². The van der Waals surface area contributed by atoms with Crippen molar-refractivity contribution in [1.82, 2.24) is 5.32 Å². The number of para-hydroxylation sites is 1. The SMILES string of the molecule is COc1ccccc1C(C)(C)CNC(CO)CCO. The Bertz CT molecular complexity index is 379. The highest BCUT2D eigenvalue weighted by atomic mass is 16.5. The molecule has 1 rings (SSSR count). The number of ether oxygens (including phenoxy) is 1. The van der Waals surface area contributed by atoms with Gasteiger partial charge in [-0.3, -0.25) is 0 Å². The molecule has 1 aromatic carbocycles. The number of methoxy groups -OCH3 is 1. The van der Waals surface area contributed by atoms with Crippen LogP contribution in [0.5, 0.6) is 5.75 Å². The van der Waals surface area contributed by atoms with Crippen LogP contribution in [0, 0.1) is 0 Å². The standard InChI is InChI=1S/C15H25NO3/c1-15(2,11-16-12(10-18)8-9-17)13-6-4-5-7-14(13)19-3/h4-7,12,16-18H,8-11H2,1-3H3. The maximum absolute atomic E-state index is 9.23. The van der Waals surface area contributed by atoms with E-state index >= 15 is 0 Å². The Morgan fingerprint density at radius 2 is 1.95 bits per heavy atom. The molecule has 0 aliphatic carbocycles. The fraction of sp³-hybridized carbons (Fsp3) is 0.600. The quantitative estimate of drug-likeness (QED) is 0.664. The Labute approximate surface area is 115 Å². The Balaban J connectivity index is 2.74. The monoisotopic (exact) mass is 267 g/mol. The molecule has 0 fully saturated rings. The van der Waals surface area contributed by atoms with Gasteiger partial charge in [-0.15, -0.1) is 0 Å². The largest absolute Gasteiger partial charge is 0.496 e. The average Bonchev–Trinajstić information content (AvgIpc) is 2.43. The molecule has 1 aromatic rings. The molecule has 19 heavy (non-hydrogen) atoms. The molecule has 0 saturated heterocycles. The second-order valence-corrected chi connectivity index (χ2v) is 5.36. The minimum Gasteiger partial charge on any atom is -0.496 e. The van der Waals surface area contributed by atoms with Gasteiger partial charge in [0.05, 0.1) is 13.7 Å². The van der Waals surface area contributed by atoms with Crippen LogP contribution in [-0.2, 0) is 5.41 Å². The average molecular weight is 267 g/mol. The summed E-state index contributed by atoms with van der Waals surface area (Å²) in [7, 11) is 1.67. The number of rotatable bonds is 8. The van der Waals surface area contributed by atoms with Crippen molar-refractivity contribution in [2.75, 3.05) is 26.9 Å². The maximum Gasteiger partial charge on any atom is 0.122 e. The van der Waals surface area contributed by atoms with Crippen LogP contribution in [0.1, 0.15) is 25.8 Å². The smallest absolute Gasteiger partial charge is 0.122 e. The third kappa shape index (κ3) is 4.49. The first-order chi connectivity index (χ1) is 9.05. The molecule has 0 bridgehead atoms. The van der Waals surface area contributed by atoms with Gasteiger partial charge in [-0.2, -0.15) is 0 Å². The first kappa shape index (κ1) is 16.0. The van der Waals surface area contributed by atoms with E-state index in [9.17, 15) is 5.11 Å². The second kappa shape index (κ2) is 7.48. The van der Waals surface area contributed by atoms with E-state index in [1.54, 1.807) is 7.11 Å². The number of aliphatic hydroxyl groups excluding tert-OH is 2. The molecular weight excluding hydrogens is 242 g/mol. The molecule has 4 heteroatoms. The third-order valence-electron chi connectivity index (χ3n) is 3.37. The Hall–Kier alpha value is -1.10. The molecule has 108 valence electrons. The van der Waals surface area contributed by atoms with Gasteiger partial charge >= 0.3 is 0 Å². The van der Waals surface area contributed by atoms with Gasteiger partial charge in [-0.1, -0.05) is 32.0 Å². The van der Waals surface area contributed by atoms with Gasteiger partial charge in [0.2, 0.25) is 0 Å². The molecule has 0 radical (unpaired) electrons.